The molecule has 0 saturated carbocycles. The van der Waals surface area contributed by atoms with E-state index in [1.807, 2.05) is 54.6 Å². The molecule has 0 aliphatic heterocycles. The number of pyridine rings is 1. The normalized spacial score (nSPS) is 11.5. The molecular formula is C56H35N5O. The fourth-order valence-electron chi connectivity index (χ4n) is 8.66. The first kappa shape index (κ1) is 35.5. The van der Waals surface area contributed by atoms with Gasteiger partial charge in [0.05, 0.1) is 11.2 Å². The maximum atomic E-state index is 6.21. The molecule has 0 saturated heterocycles. The van der Waals surface area contributed by atoms with Gasteiger partial charge in [0.15, 0.2) is 17.5 Å². The summed E-state index contributed by atoms with van der Waals surface area (Å²) >= 11 is 0. The second-order valence-electron chi connectivity index (χ2n) is 15.5. The average molecular weight is 794 g/mol. The minimum atomic E-state index is 0.579. The van der Waals surface area contributed by atoms with Crippen molar-refractivity contribution in [3.8, 4) is 78.9 Å². The zero-order valence-electron chi connectivity index (χ0n) is 33.4. The highest BCUT2D eigenvalue weighted by atomic mass is 16.3. The van der Waals surface area contributed by atoms with Crippen molar-refractivity contribution >= 4 is 38.2 Å². The molecule has 0 radical (unpaired) electrons. The molecule has 0 aliphatic carbocycles. The van der Waals surface area contributed by atoms with Crippen molar-refractivity contribution in [2.24, 2.45) is 0 Å². The summed E-state index contributed by atoms with van der Waals surface area (Å²) in [6, 6.07) is 73.3. The van der Waals surface area contributed by atoms with Gasteiger partial charge in [-0.1, -0.05) is 182 Å². The molecule has 4 heterocycles. The van der Waals surface area contributed by atoms with Crippen LogP contribution in [0.3, 0.4) is 0 Å². The van der Waals surface area contributed by atoms with Crippen LogP contribution in [0.2, 0.25) is 0 Å². The topological polar surface area (TPSA) is 69.1 Å². The van der Waals surface area contributed by atoms with Gasteiger partial charge in [-0.3, -0.25) is 0 Å². The largest absolute Gasteiger partial charge is 0.456 e. The summed E-state index contributed by atoms with van der Waals surface area (Å²) < 4.78 is 8.33. The lowest BCUT2D eigenvalue weighted by Gasteiger charge is -2.11. The van der Waals surface area contributed by atoms with E-state index in [-0.39, 0.29) is 0 Å². The average Bonchev–Trinajstić information content (AvgIpc) is 3.94. The van der Waals surface area contributed by atoms with Gasteiger partial charge in [-0.2, -0.15) is 5.10 Å². The Labute approximate surface area is 357 Å². The Bertz CT molecular complexity index is 3610. The molecule has 12 rings (SSSR count). The van der Waals surface area contributed by atoms with Gasteiger partial charge < -0.3 is 4.42 Å². The van der Waals surface area contributed by atoms with Crippen LogP contribution in [0.5, 0.6) is 0 Å². The Morgan fingerprint density at radius 3 is 1.61 bits per heavy atom. The number of hydrogen-bond donors (Lipinski definition) is 0. The van der Waals surface area contributed by atoms with E-state index in [0.717, 1.165) is 99.7 Å². The maximum Gasteiger partial charge on any atom is 0.164 e. The summed E-state index contributed by atoms with van der Waals surface area (Å²) in [5, 5.41) is 9.99. The Hall–Kier alpha value is -8.48. The molecule has 0 amide bonds. The summed E-state index contributed by atoms with van der Waals surface area (Å²) in [5.41, 5.74) is 13.7. The Balaban J connectivity index is 0.998. The number of para-hydroxylation sites is 1. The summed E-state index contributed by atoms with van der Waals surface area (Å²) in [7, 11) is 0. The first-order chi connectivity index (χ1) is 30.7. The van der Waals surface area contributed by atoms with Gasteiger partial charge in [-0.15, -0.1) is 0 Å². The van der Waals surface area contributed by atoms with E-state index in [0.29, 0.717) is 17.5 Å². The van der Waals surface area contributed by atoms with E-state index in [2.05, 4.69) is 162 Å². The van der Waals surface area contributed by atoms with E-state index in [1.54, 1.807) is 0 Å². The number of hydrogen-bond acceptors (Lipinski definition) is 5. The van der Waals surface area contributed by atoms with Gasteiger partial charge >= 0.3 is 0 Å². The number of aromatic nitrogens is 5. The SMILES string of the molecule is c1ccc(-c2nc(-c3ccc(-c4ccc5c(c4)oc4ccccc45)cc3)nc(-c3cccc(-c4nn5c(-c6ccccc6)cc6ccccc6c5c4-c4ccccc4)c3)n2)cc1. The highest BCUT2D eigenvalue weighted by molar-refractivity contribution is 6.09. The minimum Gasteiger partial charge on any atom is -0.456 e. The molecule has 0 spiro atoms. The summed E-state index contributed by atoms with van der Waals surface area (Å²) in [6.07, 6.45) is 0. The van der Waals surface area contributed by atoms with E-state index in [9.17, 15) is 0 Å². The monoisotopic (exact) mass is 793 g/mol. The van der Waals surface area contributed by atoms with Gasteiger partial charge in [-0.25, -0.2) is 19.5 Å². The maximum absolute atomic E-state index is 6.21. The number of rotatable bonds is 7. The zero-order valence-corrected chi connectivity index (χ0v) is 33.4. The van der Waals surface area contributed by atoms with Gasteiger partial charge in [0.1, 0.15) is 16.9 Å². The Kier molecular flexibility index (Phi) is 8.38. The van der Waals surface area contributed by atoms with Crippen LogP contribution in [0.4, 0.5) is 0 Å². The molecule has 8 aromatic carbocycles. The van der Waals surface area contributed by atoms with Crippen molar-refractivity contribution < 1.29 is 4.42 Å². The smallest absolute Gasteiger partial charge is 0.164 e. The molecule has 0 fully saturated rings. The predicted octanol–water partition coefficient (Wildman–Crippen LogP) is 14.2. The van der Waals surface area contributed by atoms with Crippen molar-refractivity contribution in [2.75, 3.05) is 0 Å². The number of benzene rings is 8. The van der Waals surface area contributed by atoms with Crippen LogP contribution in [0, 0.1) is 0 Å². The fraction of sp³-hybridized carbons (Fsp3) is 0. The molecule has 0 unspecified atom stereocenters. The van der Waals surface area contributed by atoms with Crippen LogP contribution in [-0.2, 0) is 0 Å². The Morgan fingerprint density at radius 1 is 0.339 bits per heavy atom. The molecule has 0 bridgehead atoms. The van der Waals surface area contributed by atoms with Gasteiger partial charge in [0, 0.05) is 49.5 Å². The molecule has 6 heteroatoms. The highest BCUT2D eigenvalue weighted by Gasteiger charge is 2.22. The standard InChI is InChI=1S/C56H35N5O/c1-4-15-37(16-5-1)48-34-42-21-10-11-24-45(42)53-51(38-17-6-2-7-18-38)52(60-61(48)53)43-22-14-23-44(33-43)56-58-54(39-19-8-3-9-20-39)57-55(59-56)40-29-27-36(28-30-40)41-31-32-47-46-25-12-13-26-49(46)62-50(47)35-41/h1-35H. The van der Waals surface area contributed by atoms with E-state index >= 15 is 0 Å². The van der Waals surface area contributed by atoms with Gasteiger partial charge in [0.25, 0.3) is 0 Å². The third kappa shape index (κ3) is 6.13. The predicted molar refractivity (Wildman–Crippen MR) is 251 cm³/mol. The second-order valence-corrected chi connectivity index (χ2v) is 15.5. The summed E-state index contributed by atoms with van der Waals surface area (Å²) in [5.74, 6) is 1.78. The molecule has 62 heavy (non-hydrogen) atoms. The molecule has 6 nitrogen and oxygen atoms in total. The van der Waals surface area contributed by atoms with Gasteiger partial charge in [0.2, 0.25) is 0 Å². The van der Waals surface area contributed by atoms with E-state index in [1.165, 1.54) is 0 Å². The lowest BCUT2D eigenvalue weighted by Crippen LogP contribution is -2.00. The quantitative estimate of drug-likeness (QED) is 0.161. The van der Waals surface area contributed by atoms with Crippen molar-refractivity contribution in [3.63, 3.8) is 0 Å². The van der Waals surface area contributed by atoms with Crippen LogP contribution in [0.15, 0.2) is 217 Å². The molecule has 0 aliphatic rings. The minimum absolute atomic E-state index is 0.579. The number of fused-ring (bicyclic) bond motifs is 6. The van der Waals surface area contributed by atoms with Crippen molar-refractivity contribution in [1.29, 1.82) is 0 Å². The molecule has 4 aromatic heterocycles. The summed E-state index contributed by atoms with van der Waals surface area (Å²) in [6.45, 7) is 0. The molecule has 12 aromatic rings. The molecular weight excluding hydrogens is 759 g/mol. The first-order valence-corrected chi connectivity index (χ1v) is 20.7. The zero-order chi connectivity index (χ0) is 41.0. The number of furan rings is 1. The second kappa shape index (κ2) is 14.7. The number of nitrogens with zero attached hydrogens (tertiary/aromatic N) is 5. The van der Waals surface area contributed by atoms with E-state index in [4.69, 9.17) is 24.5 Å². The van der Waals surface area contributed by atoms with Crippen LogP contribution in [-0.4, -0.2) is 24.6 Å². The van der Waals surface area contributed by atoms with Crippen molar-refractivity contribution in [1.82, 2.24) is 24.6 Å². The van der Waals surface area contributed by atoms with Crippen molar-refractivity contribution in [3.05, 3.63) is 212 Å². The molecule has 0 atom stereocenters. The molecule has 290 valence electrons. The third-order valence-electron chi connectivity index (χ3n) is 11.7. The van der Waals surface area contributed by atoms with Crippen LogP contribution in [0.25, 0.3) is 117 Å². The summed E-state index contributed by atoms with van der Waals surface area (Å²) in [4.78, 5) is 15.3. The van der Waals surface area contributed by atoms with Gasteiger partial charge in [-0.05, 0) is 52.4 Å². The first-order valence-electron chi connectivity index (χ1n) is 20.7. The lowest BCUT2D eigenvalue weighted by atomic mass is 9.96. The van der Waals surface area contributed by atoms with Crippen LogP contribution >= 0.6 is 0 Å². The van der Waals surface area contributed by atoms with Crippen LogP contribution in [0.1, 0.15) is 0 Å². The van der Waals surface area contributed by atoms with Crippen LogP contribution < -0.4 is 0 Å². The Morgan fingerprint density at radius 2 is 0.871 bits per heavy atom. The highest BCUT2D eigenvalue weighted by Crippen LogP contribution is 2.42. The van der Waals surface area contributed by atoms with E-state index < -0.39 is 0 Å². The molecule has 0 N–H and O–H groups in total. The van der Waals surface area contributed by atoms with Crippen molar-refractivity contribution in [2.45, 2.75) is 0 Å². The fourth-order valence-corrected chi connectivity index (χ4v) is 8.66. The lowest BCUT2D eigenvalue weighted by molar-refractivity contribution is 0.669. The third-order valence-corrected chi connectivity index (χ3v) is 11.7.